The van der Waals surface area contributed by atoms with Crippen LogP contribution >= 0.6 is 11.8 Å². The molecule has 7 nitrogen and oxygen atoms in total. The Kier molecular flexibility index (Phi) is 5.40. The number of hydrogen-bond donors (Lipinski definition) is 2. The first-order chi connectivity index (χ1) is 12.1. The average Bonchev–Trinajstić information content (AvgIpc) is 2.93. The van der Waals surface area contributed by atoms with Crippen LogP contribution in [0.3, 0.4) is 0 Å². The molecule has 1 aromatic carbocycles. The third-order valence-electron chi connectivity index (χ3n) is 4.20. The molecule has 0 aromatic heterocycles. The number of carbonyl (C=O) groups excluding carboxylic acids is 3. The number of para-hydroxylation sites is 1. The molecule has 0 atom stereocenters. The summed E-state index contributed by atoms with van der Waals surface area (Å²) in [6.45, 7) is 3.10. The van der Waals surface area contributed by atoms with Gasteiger partial charge in [-0.25, -0.2) is 0 Å². The van der Waals surface area contributed by atoms with E-state index in [1.807, 2.05) is 29.2 Å². The molecule has 1 aromatic rings. The molecular weight excluding hydrogens is 340 g/mol. The molecule has 3 N–H and O–H groups in total. The third kappa shape index (κ3) is 4.02. The van der Waals surface area contributed by atoms with Crippen molar-refractivity contribution in [2.24, 2.45) is 5.73 Å². The number of nitrogens with zero attached hydrogens (tertiary/aromatic N) is 2. The van der Waals surface area contributed by atoms with Gasteiger partial charge in [-0.15, -0.1) is 0 Å². The molecule has 0 radical (unpaired) electrons. The summed E-state index contributed by atoms with van der Waals surface area (Å²) in [4.78, 5) is 39.5. The summed E-state index contributed by atoms with van der Waals surface area (Å²) in [5.74, 6) is -0.267. The number of piperazine rings is 1. The largest absolute Gasteiger partial charge is 0.367 e. The number of hydrogen-bond acceptors (Lipinski definition) is 6. The molecule has 0 saturated carbocycles. The summed E-state index contributed by atoms with van der Waals surface area (Å²) >= 11 is 0.912. The predicted octanol–water partition coefficient (Wildman–Crippen LogP) is 1.01. The topological polar surface area (TPSA) is 95.7 Å². The smallest absolute Gasteiger partial charge is 0.290 e. The Morgan fingerprint density at radius 2 is 1.92 bits per heavy atom. The van der Waals surface area contributed by atoms with Crippen molar-refractivity contribution in [2.75, 3.05) is 37.6 Å². The molecule has 2 fully saturated rings. The number of imide groups is 1. The number of carbonyl (C=O) groups is 3. The summed E-state index contributed by atoms with van der Waals surface area (Å²) in [5.41, 5.74) is 7.33. The highest BCUT2D eigenvalue weighted by Crippen LogP contribution is 2.30. The van der Waals surface area contributed by atoms with Crippen LogP contribution in [0.4, 0.5) is 10.5 Å². The van der Waals surface area contributed by atoms with E-state index in [0.29, 0.717) is 31.0 Å². The van der Waals surface area contributed by atoms with Crippen LogP contribution in [-0.4, -0.2) is 54.7 Å². The van der Waals surface area contributed by atoms with Crippen LogP contribution in [0, 0.1) is 0 Å². The number of thioether (sulfide) groups is 1. The first-order valence-electron chi connectivity index (χ1n) is 8.15. The van der Waals surface area contributed by atoms with Gasteiger partial charge in [0.1, 0.15) is 0 Å². The Labute approximate surface area is 150 Å². The van der Waals surface area contributed by atoms with Crippen molar-refractivity contribution in [3.8, 4) is 0 Å². The monoisotopic (exact) mass is 360 g/mol. The minimum atomic E-state index is -0.359. The average molecular weight is 360 g/mol. The van der Waals surface area contributed by atoms with Gasteiger partial charge in [0.05, 0.1) is 4.91 Å². The first-order valence-corrected chi connectivity index (χ1v) is 8.97. The molecule has 2 aliphatic heterocycles. The highest BCUT2D eigenvalue weighted by molar-refractivity contribution is 8.18. The van der Waals surface area contributed by atoms with Crippen molar-refractivity contribution in [3.05, 3.63) is 34.7 Å². The Morgan fingerprint density at radius 3 is 2.56 bits per heavy atom. The number of anilines is 1. The van der Waals surface area contributed by atoms with Gasteiger partial charge in [-0.05, 0) is 29.5 Å². The summed E-state index contributed by atoms with van der Waals surface area (Å²) in [7, 11) is 0. The molecule has 0 unspecified atom stereocenters. The maximum atomic E-state index is 11.9. The maximum Gasteiger partial charge on any atom is 0.290 e. The van der Waals surface area contributed by atoms with Gasteiger partial charge in [0.2, 0.25) is 5.91 Å². The second kappa shape index (κ2) is 7.71. The minimum Gasteiger partial charge on any atom is -0.367 e. The van der Waals surface area contributed by atoms with Crippen LogP contribution < -0.4 is 16.0 Å². The van der Waals surface area contributed by atoms with Gasteiger partial charge in [-0.1, -0.05) is 18.2 Å². The second-order valence-electron chi connectivity index (χ2n) is 5.82. The lowest BCUT2D eigenvalue weighted by Gasteiger charge is -2.36. The number of amides is 3. The Bertz CT molecular complexity index is 726. The van der Waals surface area contributed by atoms with Gasteiger partial charge in [0, 0.05) is 44.8 Å². The highest BCUT2D eigenvalue weighted by Gasteiger charge is 2.26. The fourth-order valence-electron chi connectivity index (χ4n) is 2.94. The summed E-state index contributed by atoms with van der Waals surface area (Å²) in [5, 5.41) is 1.92. The van der Waals surface area contributed by atoms with Gasteiger partial charge in [0.25, 0.3) is 11.1 Å². The maximum absolute atomic E-state index is 11.9. The lowest BCUT2D eigenvalue weighted by molar-refractivity contribution is -0.131. The zero-order valence-electron chi connectivity index (χ0n) is 13.7. The van der Waals surface area contributed by atoms with E-state index in [1.165, 1.54) is 0 Å². The first kappa shape index (κ1) is 17.5. The zero-order valence-corrected chi connectivity index (χ0v) is 14.6. The van der Waals surface area contributed by atoms with E-state index in [0.717, 1.165) is 36.1 Å². The van der Waals surface area contributed by atoms with Crippen LogP contribution in [0.15, 0.2) is 29.2 Å². The summed E-state index contributed by atoms with van der Waals surface area (Å²) in [6, 6.07) is 7.75. The van der Waals surface area contributed by atoms with Crippen molar-refractivity contribution in [1.29, 1.82) is 0 Å². The van der Waals surface area contributed by atoms with E-state index < -0.39 is 0 Å². The van der Waals surface area contributed by atoms with Crippen molar-refractivity contribution in [3.63, 3.8) is 0 Å². The van der Waals surface area contributed by atoms with Crippen molar-refractivity contribution in [2.45, 2.75) is 6.42 Å². The SMILES string of the molecule is NCCC(=O)N1CCN(c2ccccc2C=C2SC(=O)NC2=O)CC1. The standard InChI is InChI=1S/C17H20N4O3S/c18-6-5-15(22)21-9-7-20(8-10-21)13-4-2-1-3-12(13)11-14-16(23)19-17(24)25-14/h1-4,11H,5-10,18H2,(H,19,23,24). The molecule has 0 bridgehead atoms. The van der Waals surface area contributed by atoms with Crippen molar-refractivity contribution < 1.29 is 14.4 Å². The van der Waals surface area contributed by atoms with Crippen LogP contribution in [0.1, 0.15) is 12.0 Å². The summed E-state index contributed by atoms with van der Waals surface area (Å²) < 4.78 is 0. The molecule has 8 heteroatoms. The Morgan fingerprint density at radius 1 is 1.20 bits per heavy atom. The lowest BCUT2D eigenvalue weighted by Crippen LogP contribution is -2.49. The Balaban J connectivity index is 1.74. The number of benzene rings is 1. The van der Waals surface area contributed by atoms with Crippen molar-refractivity contribution in [1.82, 2.24) is 10.2 Å². The van der Waals surface area contributed by atoms with E-state index in [1.54, 1.807) is 6.08 Å². The normalized spacial score (nSPS) is 19.5. The van der Waals surface area contributed by atoms with Gasteiger partial charge < -0.3 is 15.5 Å². The van der Waals surface area contributed by atoms with Crippen LogP contribution in [0.2, 0.25) is 0 Å². The quantitative estimate of drug-likeness (QED) is 0.778. The van der Waals surface area contributed by atoms with Gasteiger partial charge in [-0.2, -0.15) is 0 Å². The van der Waals surface area contributed by atoms with E-state index in [4.69, 9.17) is 5.73 Å². The minimum absolute atomic E-state index is 0.0927. The van der Waals surface area contributed by atoms with Crippen molar-refractivity contribution >= 4 is 40.6 Å². The molecule has 25 heavy (non-hydrogen) atoms. The summed E-state index contributed by atoms with van der Waals surface area (Å²) in [6.07, 6.45) is 2.12. The third-order valence-corrected chi connectivity index (χ3v) is 5.01. The van der Waals surface area contributed by atoms with Crippen LogP contribution in [0.25, 0.3) is 6.08 Å². The molecule has 3 rings (SSSR count). The van der Waals surface area contributed by atoms with Crippen LogP contribution in [-0.2, 0) is 9.59 Å². The predicted molar refractivity (Wildman–Crippen MR) is 98.0 cm³/mol. The zero-order chi connectivity index (χ0) is 17.8. The second-order valence-corrected chi connectivity index (χ2v) is 6.83. The molecule has 0 spiro atoms. The lowest BCUT2D eigenvalue weighted by atomic mass is 10.1. The molecule has 132 valence electrons. The molecule has 2 saturated heterocycles. The molecule has 2 aliphatic rings. The molecule has 2 heterocycles. The van der Waals surface area contributed by atoms with Gasteiger partial charge in [-0.3, -0.25) is 19.7 Å². The number of nitrogens with two attached hydrogens (primary N) is 1. The number of rotatable bonds is 4. The van der Waals surface area contributed by atoms with Crippen LogP contribution in [0.5, 0.6) is 0 Å². The number of nitrogens with one attached hydrogen (secondary N) is 1. The molecule has 3 amide bonds. The molecular formula is C17H20N4O3S. The van der Waals surface area contributed by atoms with Gasteiger partial charge >= 0.3 is 0 Å². The van der Waals surface area contributed by atoms with E-state index in [9.17, 15) is 14.4 Å². The molecule has 0 aliphatic carbocycles. The van der Waals surface area contributed by atoms with E-state index in [-0.39, 0.29) is 17.1 Å². The van der Waals surface area contributed by atoms with E-state index >= 15 is 0 Å². The Hall–Kier alpha value is -2.32. The highest BCUT2D eigenvalue weighted by atomic mass is 32.2. The van der Waals surface area contributed by atoms with E-state index in [2.05, 4.69) is 10.2 Å². The fraction of sp³-hybridized carbons (Fsp3) is 0.353. The fourth-order valence-corrected chi connectivity index (χ4v) is 3.61. The van der Waals surface area contributed by atoms with Gasteiger partial charge in [0.15, 0.2) is 0 Å².